The summed E-state index contributed by atoms with van der Waals surface area (Å²) in [5.74, 6) is 0.0871. The lowest BCUT2D eigenvalue weighted by atomic mass is 10.2. The van der Waals surface area contributed by atoms with E-state index in [1.807, 2.05) is 0 Å². The van der Waals surface area contributed by atoms with Crippen molar-refractivity contribution >= 4 is 21.8 Å². The van der Waals surface area contributed by atoms with Gasteiger partial charge in [-0.2, -0.15) is 18.3 Å². The van der Waals surface area contributed by atoms with Crippen molar-refractivity contribution in [3.8, 4) is 5.95 Å². The third kappa shape index (κ3) is 2.92. The number of alkyl halides is 3. The van der Waals surface area contributed by atoms with Gasteiger partial charge in [-0.15, -0.1) is 0 Å². The first-order chi connectivity index (χ1) is 11.2. The van der Waals surface area contributed by atoms with Crippen molar-refractivity contribution in [1.29, 1.82) is 0 Å². The molecule has 128 valence electrons. The highest BCUT2D eigenvalue weighted by molar-refractivity contribution is 7.84. The maximum Gasteiger partial charge on any atom is 0.417 e. The molecule has 0 radical (unpaired) electrons. The standard InChI is InChI=1S/C13H11F3N4O3S/c1-24(23)10-3-9-8(2-7(10)13(14,15)16)18-12(19-9)20-5-6(4-17-20)11(21)22/h2-5,11,21-22H,1H3,(H,18,19). The largest absolute Gasteiger partial charge is 0.417 e. The first kappa shape index (κ1) is 16.6. The van der Waals surface area contributed by atoms with Gasteiger partial charge in [0.1, 0.15) is 0 Å². The van der Waals surface area contributed by atoms with Gasteiger partial charge in [0.2, 0.25) is 5.95 Å². The van der Waals surface area contributed by atoms with E-state index in [1.54, 1.807) is 0 Å². The van der Waals surface area contributed by atoms with Gasteiger partial charge in [0.15, 0.2) is 6.29 Å². The van der Waals surface area contributed by atoms with Gasteiger partial charge >= 0.3 is 6.18 Å². The number of hydrogen-bond acceptors (Lipinski definition) is 5. The highest BCUT2D eigenvalue weighted by Gasteiger charge is 2.35. The zero-order valence-electron chi connectivity index (χ0n) is 12.1. The van der Waals surface area contributed by atoms with Crippen molar-refractivity contribution in [3.05, 3.63) is 35.7 Å². The molecule has 0 aliphatic carbocycles. The topological polar surface area (TPSA) is 104 Å². The first-order valence-electron chi connectivity index (χ1n) is 6.52. The number of aromatic amines is 1. The highest BCUT2D eigenvalue weighted by Crippen LogP contribution is 2.35. The quantitative estimate of drug-likeness (QED) is 0.614. The minimum atomic E-state index is -4.65. The number of benzene rings is 1. The van der Waals surface area contributed by atoms with E-state index in [9.17, 15) is 17.4 Å². The van der Waals surface area contributed by atoms with Crippen LogP contribution in [0.2, 0.25) is 0 Å². The SMILES string of the molecule is CS(=O)c1cc2nc(-n3cc(C(O)O)cn3)[nH]c2cc1C(F)(F)F. The molecule has 0 bridgehead atoms. The van der Waals surface area contributed by atoms with Crippen LogP contribution >= 0.6 is 0 Å². The Kier molecular flexibility index (Phi) is 3.94. The molecule has 0 fully saturated rings. The molecule has 2 aromatic heterocycles. The van der Waals surface area contributed by atoms with Crippen molar-refractivity contribution < 1.29 is 27.6 Å². The number of rotatable bonds is 3. The van der Waals surface area contributed by atoms with Crippen LogP contribution in [0.3, 0.4) is 0 Å². The first-order valence-corrected chi connectivity index (χ1v) is 8.08. The molecule has 0 aliphatic heterocycles. The molecule has 1 aromatic carbocycles. The van der Waals surface area contributed by atoms with Crippen molar-refractivity contribution in [3.63, 3.8) is 0 Å². The van der Waals surface area contributed by atoms with E-state index in [1.165, 1.54) is 12.4 Å². The number of hydrogen-bond donors (Lipinski definition) is 3. The van der Waals surface area contributed by atoms with Crippen molar-refractivity contribution in [2.45, 2.75) is 17.4 Å². The average Bonchev–Trinajstić information content (AvgIpc) is 3.11. The van der Waals surface area contributed by atoms with E-state index in [2.05, 4.69) is 15.1 Å². The lowest BCUT2D eigenvalue weighted by molar-refractivity contribution is -0.139. The molecular weight excluding hydrogens is 349 g/mol. The number of nitrogens with one attached hydrogen (secondary N) is 1. The smallest absolute Gasteiger partial charge is 0.364 e. The second kappa shape index (κ2) is 5.69. The lowest BCUT2D eigenvalue weighted by Crippen LogP contribution is -2.09. The number of imidazole rings is 1. The van der Waals surface area contributed by atoms with Crippen LogP contribution in [0, 0.1) is 0 Å². The Hall–Kier alpha value is -2.24. The van der Waals surface area contributed by atoms with Crippen LogP contribution in [-0.2, 0) is 17.0 Å². The second-order valence-electron chi connectivity index (χ2n) is 4.97. The monoisotopic (exact) mass is 360 g/mol. The minimum absolute atomic E-state index is 0.0871. The van der Waals surface area contributed by atoms with Gasteiger partial charge < -0.3 is 15.2 Å². The summed E-state index contributed by atoms with van der Waals surface area (Å²) >= 11 is 0. The van der Waals surface area contributed by atoms with Gasteiger partial charge in [-0.25, -0.2) is 9.67 Å². The molecule has 0 saturated heterocycles. The predicted octanol–water partition coefficient (Wildman–Crippen LogP) is 1.49. The summed E-state index contributed by atoms with van der Waals surface area (Å²) < 4.78 is 52.1. The van der Waals surface area contributed by atoms with Gasteiger partial charge in [-0.05, 0) is 12.1 Å². The number of aromatic nitrogens is 4. The Balaban J connectivity index is 2.15. The molecule has 0 spiro atoms. The molecule has 3 rings (SSSR count). The molecule has 3 aromatic rings. The Labute approximate surface area is 135 Å². The number of aliphatic hydroxyl groups is 2. The van der Waals surface area contributed by atoms with Crippen molar-refractivity contribution in [1.82, 2.24) is 19.7 Å². The number of H-pyrrole nitrogens is 1. The molecule has 7 nitrogen and oxygen atoms in total. The van der Waals surface area contributed by atoms with Crippen LogP contribution in [0.5, 0.6) is 0 Å². The summed E-state index contributed by atoms with van der Waals surface area (Å²) in [6, 6.07) is 1.95. The third-order valence-corrected chi connectivity index (χ3v) is 4.26. The van der Waals surface area contributed by atoms with Gasteiger partial charge in [0.05, 0.1) is 38.5 Å². The van der Waals surface area contributed by atoms with Crippen molar-refractivity contribution in [2.24, 2.45) is 0 Å². The van der Waals surface area contributed by atoms with Crippen LogP contribution in [-0.4, -0.2) is 40.4 Å². The van der Waals surface area contributed by atoms with E-state index in [4.69, 9.17) is 10.2 Å². The number of aliphatic hydroxyl groups excluding tert-OH is 1. The number of nitrogens with zero attached hydrogens (tertiary/aromatic N) is 3. The van der Waals surface area contributed by atoms with E-state index in [0.29, 0.717) is 0 Å². The summed E-state index contributed by atoms with van der Waals surface area (Å²) in [6.45, 7) is 0. The van der Waals surface area contributed by atoms with Crippen LogP contribution in [0.15, 0.2) is 29.4 Å². The van der Waals surface area contributed by atoms with Gasteiger partial charge in [-0.1, -0.05) is 0 Å². The van der Waals surface area contributed by atoms with Crippen LogP contribution in [0.4, 0.5) is 13.2 Å². The molecule has 1 atom stereocenters. The predicted molar refractivity (Wildman–Crippen MR) is 77.7 cm³/mol. The molecule has 0 aliphatic rings. The zero-order valence-corrected chi connectivity index (χ0v) is 12.9. The zero-order chi connectivity index (χ0) is 17.6. The maximum atomic E-state index is 13.1. The fourth-order valence-corrected chi connectivity index (χ4v) is 2.94. The summed E-state index contributed by atoms with van der Waals surface area (Å²) in [7, 11) is -1.84. The molecule has 0 saturated carbocycles. The highest BCUT2D eigenvalue weighted by atomic mass is 32.2. The molecule has 11 heteroatoms. The van der Waals surface area contributed by atoms with E-state index >= 15 is 0 Å². The Morgan fingerprint density at radius 2 is 2.04 bits per heavy atom. The van der Waals surface area contributed by atoms with Gasteiger partial charge in [0, 0.05) is 18.0 Å². The molecule has 3 N–H and O–H groups in total. The summed E-state index contributed by atoms with van der Waals surface area (Å²) in [5.41, 5.74) is -0.627. The average molecular weight is 360 g/mol. The Morgan fingerprint density at radius 1 is 1.33 bits per heavy atom. The summed E-state index contributed by atoms with van der Waals surface area (Å²) in [6.07, 6.45) is -2.77. The second-order valence-corrected chi connectivity index (χ2v) is 6.32. The van der Waals surface area contributed by atoms with Gasteiger partial charge in [0.25, 0.3) is 0 Å². The van der Waals surface area contributed by atoms with Gasteiger partial charge in [-0.3, -0.25) is 4.21 Å². The summed E-state index contributed by atoms with van der Waals surface area (Å²) in [4.78, 5) is 6.41. The molecule has 1 unspecified atom stereocenters. The van der Waals surface area contributed by atoms with E-state index in [-0.39, 0.29) is 27.4 Å². The maximum absolute atomic E-state index is 13.1. The Bertz CT molecular complexity index is 932. The minimum Gasteiger partial charge on any atom is -0.364 e. The molecule has 2 heterocycles. The molecule has 0 amide bonds. The molecule has 24 heavy (non-hydrogen) atoms. The normalized spacial score (nSPS) is 13.8. The van der Waals surface area contributed by atoms with Crippen LogP contribution < -0.4 is 0 Å². The number of halogens is 3. The lowest BCUT2D eigenvalue weighted by Gasteiger charge is -2.10. The number of fused-ring (bicyclic) bond motifs is 1. The van der Waals surface area contributed by atoms with Crippen LogP contribution in [0.1, 0.15) is 17.4 Å². The third-order valence-electron chi connectivity index (χ3n) is 3.30. The van der Waals surface area contributed by atoms with E-state index in [0.717, 1.165) is 23.1 Å². The summed E-state index contributed by atoms with van der Waals surface area (Å²) in [5, 5.41) is 22.0. The fourth-order valence-electron chi connectivity index (χ4n) is 2.18. The van der Waals surface area contributed by atoms with E-state index < -0.39 is 28.8 Å². The van der Waals surface area contributed by atoms with Crippen molar-refractivity contribution in [2.75, 3.05) is 6.26 Å². The Morgan fingerprint density at radius 3 is 2.58 bits per heavy atom. The fraction of sp³-hybridized carbons (Fsp3) is 0.231. The molecular formula is C13H11F3N4O3S. The van der Waals surface area contributed by atoms with Crippen LogP contribution in [0.25, 0.3) is 17.0 Å².